The highest BCUT2D eigenvalue weighted by atomic mass is 32.2. The molecule has 3 heteroatoms. The summed E-state index contributed by atoms with van der Waals surface area (Å²) in [7, 11) is -1.13. The fourth-order valence-electron chi connectivity index (χ4n) is 2.57. The molecular formula is C19H18O2S. The summed E-state index contributed by atoms with van der Waals surface area (Å²) in [6.45, 7) is 0.00331. The molecule has 0 bridgehead atoms. The van der Waals surface area contributed by atoms with Crippen LogP contribution in [-0.2, 0) is 10.8 Å². The van der Waals surface area contributed by atoms with E-state index in [1.807, 2.05) is 72.8 Å². The van der Waals surface area contributed by atoms with Gasteiger partial charge in [0, 0.05) is 16.6 Å². The molecule has 0 saturated heterocycles. The minimum Gasteiger partial charge on any atom is -0.396 e. The summed E-state index contributed by atoms with van der Waals surface area (Å²) in [6.07, 6.45) is 0. The van der Waals surface area contributed by atoms with Crippen LogP contribution >= 0.6 is 0 Å². The third-order valence-electron chi connectivity index (χ3n) is 3.83. The van der Waals surface area contributed by atoms with Gasteiger partial charge in [-0.1, -0.05) is 60.7 Å². The van der Waals surface area contributed by atoms with Crippen LogP contribution in [0.3, 0.4) is 0 Å². The van der Waals surface area contributed by atoms with Gasteiger partial charge in [-0.25, -0.2) is 0 Å². The normalized spacial score (nSPS) is 13.9. The van der Waals surface area contributed by atoms with E-state index in [2.05, 4.69) is 0 Å². The first-order chi connectivity index (χ1) is 10.8. The van der Waals surface area contributed by atoms with E-state index in [4.69, 9.17) is 0 Å². The minimum absolute atomic E-state index is 0.00331. The lowest BCUT2D eigenvalue weighted by atomic mass is 10.0. The molecule has 3 aromatic carbocycles. The van der Waals surface area contributed by atoms with Gasteiger partial charge in [0.25, 0.3) is 0 Å². The first-order valence-corrected chi connectivity index (χ1v) is 8.63. The Hall–Kier alpha value is -1.97. The van der Waals surface area contributed by atoms with Crippen LogP contribution < -0.4 is 0 Å². The summed E-state index contributed by atoms with van der Waals surface area (Å²) >= 11 is 0. The van der Waals surface area contributed by atoms with Gasteiger partial charge < -0.3 is 5.11 Å². The fourth-order valence-corrected chi connectivity index (χ4v) is 3.90. The van der Waals surface area contributed by atoms with E-state index in [0.717, 1.165) is 21.2 Å². The Kier molecular flexibility index (Phi) is 4.66. The van der Waals surface area contributed by atoms with Gasteiger partial charge in [0.15, 0.2) is 0 Å². The molecule has 0 aliphatic rings. The van der Waals surface area contributed by atoms with Crippen molar-refractivity contribution in [2.45, 2.75) is 10.8 Å². The van der Waals surface area contributed by atoms with Gasteiger partial charge in [-0.3, -0.25) is 4.21 Å². The quantitative estimate of drug-likeness (QED) is 0.780. The van der Waals surface area contributed by atoms with Gasteiger partial charge >= 0.3 is 0 Å². The molecule has 112 valence electrons. The Morgan fingerprint density at radius 2 is 1.55 bits per heavy atom. The predicted molar refractivity (Wildman–Crippen MR) is 91.5 cm³/mol. The molecule has 0 fully saturated rings. The van der Waals surface area contributed by atoms with Crippen molar-refractivity contribution in [2.24, 2.45) is 0 Å². The van der Waals surface area contributed by atoms with Crippen molar-refractivity contribution in [1.29, 1.82) is 0 Å². The first-order valence-electron chi connectivity index (χ1n) is 7.31. The summed E-state index contributed by atoms with van der Waals surface area (Å²) in [5.74, 6) is 0.326. The third-order valence-corrected chi connectivity index (χ3v) is 5.31. The van der Waals surface area contributed by atoms with E-state index in [0.29, 0.717) is 5.75 Å². The Labute approximate surface area is 132 Å². The average molecular weight is 310 g/mol. The molecule has 0 aromatic heterocycles. The molecule has 0 spiro atoms. The summed E-state index contributed by atoms with van der Waals surface area (Å²) < 4.78 is 12.6. The Morgan fingerprint density at radius 3 is 2.27 bits per heavy atom. The minimum atomic E-state index is -1.13. The topological polar surface area (TPSA) is 37.3 Å². The first kappa shape index (κ1) is 14.9. The monoisotopic (exact) mass is 310 g/mol. The molecule has 0 amide bonds. The zero-order valence-electron chi connectivity index (χ0n) is 12.2. The molecule has 3 aromatic rings. The summed E-state index contributed by atoms with van der Waals surface area (Å²) in [4.78, 5) is 0.813. The molecule has 0 aliphatic carbocycles. The predicted octanol–water partition coefficient (Wildman–Crippen LogP) is 3.72. The molecule has 0 aliphatic heterocycles. The molecule has 1 N–H and O–H groups in total. The summed E-state index contributed by atoms with van der Waals surface area (Å²) in [5.41, 5.74) is 1.03. The highest BCUT2D eigenvalue weighted by molar-refractivity contribution is 7.85. The van der Waals surface area contributed by atoms with Crippen LogP contribution in [0.15, 0.2) is 77.7 Å². The lowest BCUT2D eigenvalue weighted by Crippen LogP contribution is -2.13. The van der Waals surface area contributed by atoms with Gasteiger partial charge in [0.1, 0.15) is 0 Å². The highest BCUT2D eigenvalue weighted by Crippen LogP contribution is 2.22. The number of benzene rings is 3. The summed E-state index contributed by atoms with van der Waals surface area (Å²) in [6, 6.07) is 23.7. The lowest BCUT2D eigenvalue weighted by molar-refractivity contribution is 0.274. The maximum Gasteiger partial charge on any atom is 0.0536 e. The number of hydrogen-bond acceptors (Lipinski definition) is 2. The second kappa shape index (κ2) is 6.86. The van der Waals surface area contributed by atoms with Crippen LogP contribution in [0.1, 0.15) is 11.5 Å². The molecule has 0 heterocycles. The van der Waals surface area contributed by atoms with Crippen LogP contribution in [0, 0.1) is 0 Å². The average Bonchev–Trinajstić information content (AvgIpc) is 2.59. The van der Waals surface area contributed by atoms with Crippen molar-refractivity contribution in [3.63, 3.8) is 0 Å². The SMILES string of the molecule is O=S(CC(CO)c1ccccc1)c1ccc2ccccc2c1. The van der Waals surface area contributed by atoms with Crippen molar-refractivity contribution >= 4 is 21.6 Å². The molecule has 2 nitrogen and oxygen atoms in total. The van der Waals surface area contributed by atoms with Crippen molar-refractivity contribution in [1.82, 2.24) is 0 Å². The van der Waals surface area contributed by atoms with Gasteiger partial charge in [-0.05, 0) is 28.5 Å². The molecule has 0 saturated carbocycles. The largest absolute Gasteiger partial charge is 0.396 e. The van der Waals surface area contributed by atoms with E-state index >= 15 is 0 Å². The standard InChI is InChI=1S/C19H18O2S/c20-13-18(15-6-2-1-3-7-15)14-22(21)19-11-10-16-8-4-5-9-17(16)12-19/h1-12,18,20H,13-14H2. The van der Waals surface area contributed by atoms with Crippen molar-refractivity contribution < 1.29 is 9.32 Å². The molecule has 2 unspecified atom stereocenters. The Balaban J connectivity index is 1.83. The van der Waals surface area contributed by atoms with Crippen LogP contribution in [0.2, 0.25) is 0 Å². The zero-order valence-corrected chi connectivity index (χ0v) is 13.0. The smallest absolute Gasteiger partial charge is 0.0536 e. The van der Waals surface area contributed by atoms with Crippen molar-refractivity contribution in [2.75, 3.05) is 12.4 Å². The number of fused-ring (bicyclic) bond motifs is 1. The number of rotatable bonds is 5. The molecule has 22 heavy (non-hydrogen) atoms. The third kappa shape index (κ3) is 3.26. The summed E-state index contributed by atoms with van der Waals surface area (Å²) in [5, 5.41) is 11.8. The van der Waals surface area contributed by atoms with Gasteiger partial charge in [0.05, 0.1) is 17.4 Å². The maximum absolute atomic E-state index is 12.6. The van der Waals surface area contributed by atoms with E-state index in [1.54, 1.807) is 0 Å². The van der Waals surface area contributed by atoms with E-state index < -0.39 is 10.8 Å². The van der Waals surface area contributed by atoms with Crippen LogP contribution in [0.5, 0.6) is 0 Å². The van der Waals surface area contributed by atoms with E-state index in [-0.39, 0.29) is 12.5 Å². The zero-order chi connectivity index (χ0) is 15.4. The number of aliphatic hydroxyl groups is 1. The van der Waals surface area contributed by atoms with Gasteiger partial charge in [-0.15, -0.1) is 0 Å². The van der Waals surface area contributed by atoms with Gasteiger partial charge in [0.2, 0.25) is 0 Å². The molecule has 2 atom stereocenters. The molecular weight excluding hydrogens is 292 g/mol. The number of aliphatic hydroxyl groups excluding tert-OH is 1. The van der Waals surface area contributed by atoms with Crippen LogP contribution in [-0.4, -0.2) is 21.7 Å². The maximum atomic E-state index is 12.6. The van der Waals surface area contributed by atoms with Crippen LogP contribution in [0.4, 0.5) is 0 Å². The van der Waals surface area contributed by atoms with E-state index in [9.17, 15) is 9.32 Å². The Bertz CT molecular complexity index is 784. The lowest BCUT2D eigenvalue weighted by Gasteiger charge is -2.14. The highest BCUT2D eigenvalue weighted by Gasteiger charge is 2.15. The number of hydrogen-bond donors (Lipinski definition) is 1. The Morgan fingerprint density at radius 1 is 0.864 bits per heavy atom. The molecule has 3 rings (SSSR count). The molecule has 0 radical (unpaired) electrons. The second-order valence-electron chi connectivity index (χ2n) is 5.31. The van der Waals surface area contributed by atoms with Crippen molar-refractivity contribution in [3.8, 4) is 0 Å². The van der Waals surface area contributed by atoms with Gasteiger partial charge in [-0.2, -0.15) is 0 Å². The second-order valence-corrected chi connectivity index (χ2v) is 6.81. The van der Waals surface area contributed by atoms with E-state index in [1.165, 1.54) is 0 Å². The van der Waals surface area contributed by atoms with Crippen molar-refractivity contribution in [3.05, 3.63) is 78.4 Å². The fraction of sp³-hybridized carbons (Fsp3) is 0.158. The van der Waals surface area contributed by atoms with Crippen LogP contribution in [0.25, 0.3) is 10.8 Å².